The van der Waals surface area contributed by atoms with Crippen LogP contribution in [0.2, 0.25) is 0 Å². The van der Waals surface area contributed by atoms with Gasteiger partial charge in [-0.15, -0.1) is 0 Å². The molecule has 0 unspecified atom stereocenters. The van der Waals surface area contributed by atoms with E-state index < -0.39 is 0 Å². The number of hydrogen-bond donors (Lipinski definition) is 0. The molecule has 0 amide bonds. The fraction of sp³-hybridized carbons (Fsp3) is 0.615. The summed E-state index contributed by atoms with van der Waals surface area (Å²) in [6, 6.07) is 0. The van der Waals surface area contributed by atoms with Gasteiger partial charge in [-0.3, -0.25) is 14.3 Å². The summed E-state index contributed by atoms with van der Waals surface area (Å²) in [5.41, 5.74) is 0.900. The van der Waals surface area contributed by atoms with Crippen LogP contribution in [0.3, 0.4) is 0 Å². The summed E-state index contributed by atoms with van der Waals surface area (Å²) < 4.78 is 6.60. The zero-order valence-electron chi connectivity index (χ0n) is 11.0. The van der Waals surface area contributed by atoms with Crippen molar-refractivity contribution in [3.8, 4) is 0 Å². The molecule has 0 aliphatic heterocycles. The number of carbonyl (C=O) groups excluding carboxylic acids is 2. The predicted molar refractivity (Wildman–Crippen MR) is 67.1 cm³/mol. The van der Waals surface area contributed by atoms with Gasteiger partial charge in [0.15, 0.2) is 0 Å². The molecule has 0 radical (unpaired) electrons. The Bertz CT molecular complexity index is 399. The summed E-state index contributed by atoms with van der Waals surface area (Å²) in [5.74, 6) is -0.272. The number of aryl methyl sites for hydroxylation is 1. The number of ether oxygens (including phenoxy) is 1. The van der Waals surface area contributed by atoms with Crippen LogP contribution in [0, 0.1) is 0 Å². The molecule has 0 fully saturated rings. The quantitative estimate of drug-likeness (QED) is 0.661. The van der Waals surface area contributed by atoms with Crippen LogP contribution in [0.1, 0.15) is 38.7 Å². The van der Waals surface area contributed by atoms with Gasteiger partial charge >= 0.3 is 5.97 Å². The zero-order valence-corrected chi connectivity index (χ0v) is 11.0. The van der Waals surface area contributed by atoms with Gasteiger partial charge in [0.1, 0.15) is 5.78 Å². The highest BCUT2D eigenvalue weighted by atomic mass is 16.5. The second-order valence-electron chi connectivity index (χ2n) is 4.13. The lowest BCUT2D eigenvalue weighted by molar-refractivity contribution is -0.144. The molecule has 0 spiro atoms. The Morgan fingerprint density at radius 1 is 1.33 bits per heavy atom. The van der Waals surface area contributed by atoms with Crippen LogP contribution in [0.5, 0.6) is 0 Å². The molecule has 1 aromatic heterocycles. The van der Waals surface area contributed by atoms with E-state index in [0.717, 1.165) is 18.5 Å². The molecule has 18 heavy (non-hydrogen) atoms. The topological polar surface area (TPSA) is 61.2 Å². The van der Waals surface area contributed by atoms with Crippen LogP contribution in [0.15, 0.2) is 12.4 Å². The number of Topliss-reactive ketones (excluding diaryl/α,β-unsaturated/α-hetero) is 1. The van der Waals surface area contributed by atoms with E-state index in [1.807, 2.05) is 10.9 Å². The van der Waals surface area contributed by atoms with E-state index in [9.17, 15) is 9.59 Å². The Balaban J connectivity index is 2.32. The third-order valence-electron chi connectivity index (χ3n) is 2.45. The maximum atomic E-state index is 11.6. The largest absolute Gasteiger partial charge is 0.466 e. The van der Waals surface area contributed by atoms with Gasteiger partial charge in [-0.25, -0.2) is 0 Å². The Morgan fingerprint density at radius 3 is 2.78 bits per heavy atom. The van der Waals surface area contributed by atoms with Crippen LogP contribution >= 0.6 is 0 Å². The van der Waals surface area contributed by atoms with Crippen molar-refractivity contribution in [1.82, 2.24) is 9.78 Å². The number of ketones is 1. The van der Waals surface area contributed by atoms with Gasteiger partial charge < -0.3 is 4.74 Å². The fourth-order valence-electron chi connectivity index (χ4n) is 1.64. The van der Waals surface area contributed by atoms with E-state index in [2.05, 4.69) is 12.0 Å². The second kappa shape index (κ2) is 7.63. The van der Waals surface area contributed by atoms with E-state index >= 15 is 0 Å². The molecule has 0 bridgehead atoms. The lowest BCUT2D eigenvalue weighted by Gasteiger charge is -2.00. The first kappa shape index (κ1) is 14.4. The van der Waals surface area contributed by atoms with Crippen molar-refractivity contribution in [2.24, 2.45) is 0 Å². The molecule has 0 saturated heterocycles. The summed E-state index contributed by atoms with van der Waals surface area (Å²) in [4.78, 5) is 22.7. The minimum atomic E-state index is -0.312. The van der Waals surface area contributed by atoms with Gasteiger partial charge in [-0.2, -0.15) is 5.10 Å². The first-order chi connectivity index (χ1) is 8.65. The first-order valence-electron chi connectivity index (χ1n) is 6.34. The van der Waals surface area contributed by atoms with Crippen molar-refractivity contribution in [3.63, 3.8) is 0 Å². The van der Waals surface area contributed by atoms with Crippen LogP contribution in [-0.2, 0) is 27.3 Å². The number of hydrogen-bond acceptors (Lipinski definition) is 4. The van der Waals surface area contributed by atoms with Crippen molar-refractivity contribution in [3.05, 3.63) is 18.0 Å². The predicted octanol–water partition coefficient (Wildman–Crippen LogP) is 1.75. The Morgan fingerprint density at radius 2 is 2.11 bits per heavy atom. The number of aromatic nitrogens is 2. The standard InChI is InChI=1S/C13H20N2O3/c1-3-7-15-10-11(9-14-15)8-12(16)5-6-13(17)18-4-2/h9-10H,3-8H2,1-2H3. The SMILES string of the molecule is CCCn1cc(CC(=O)CCC(=O)OCC)cn1. The zero-order chi connectivity index (χ0) is 13.4. The molecule has 5 nitrogen and oxygen atoms in total. The maximum absolute atomic E-state index is 11.6. The number of nitrogens with zero attached hydrogens (tertiary/aromatic N) is 2. The van der Waals surface area contributed by atoms with Gasteiger partial charge in [0.05, 0.1) is 19.2 Å². The van der Waals surface area contributed by atoms with E-state index in [-0.39, 0.29) is 24.6 Å². The summed E-state index contributed by atoms with van der Waals surface area (Å²) in [7, 11) is 0. The van der Waals surface area contributed by atoms with Crippen molar-refractivity contribution < 1.29 is 14.3 Å². The minimum absolute atomic E-state index is 0.0408. The van der Waals surface area contributed by atoms with Crippen LogP contribution in [-0.4, -0.2) is 28.1 Å². The molecule has 0 aliphatic rings. The third kappa shape index (κ3) is 5.12. The average molecular weight is 252 g/mol. The van der Waals surface area contributed by atoms with Crippen molar-refractivity contribution >= 4 is 11.8 Å². The van der Waals surface area contributed by atoms with Gasteiger partial charge in [0, 0.05) is 25.6 Å². The van der Waals surface area contributed by atoms with Crippen molar-refractivity contribution in [2.45, 2.75) is 46.1 Å². The molecular weight excluding hydrogens is 232 g/mol. The van der Waals surface area contributed by atoms with E-state index in [1.165, 1.54) is 0 Å². The fourth-order valence-corrected chi connectivity index (χ4v) is 1.64. The number of rotatable bonds is 8. The molecule has 1 heterocycles. The lowest BCUT2D eigenvalue weighted by atomic mass is 10.1. The van der Waals surface area contributed by atoms with Crippen LogP contribution in [0.4, 0.5) is 0 Å². The van der Waals surface area contributed by atoms with Crippen LogP contribution < -0.4 is 0 Å². The molecule has 0 atom stereocenters. The highest BCUT2D eigenvalue weighted by Crippen LogP contribution is 2.04. The summed E-state index contributed by atoms with van der Waals surface area (Å²) in [6.07, 6.45) is 5.33. The summed E-state index contributed by atoms with van der Waals surface area (Å²) in [6.45, 7) is 5.04. The Hall–Kier alpha value is -1.65. The minimum Gasteiger partial charge on any atom is -0.466 e. The van der Waals surface area contributed by atoms with Gasteiger partial charge in [-0.05, 0) is 18.9 Å². The third-order valence-corrected chi connectivity index (χ3v) is 2.45. The number of esters is 1. The first-order valence-corrected chi connectivity index (χ1v) is 6.34. The highest BCUT2D eigenvalue weighted by molar-refractivity contribution is 5.84. The summed E-state index contributed by atoms with van der Waals surface area (Å²) >= 11 is 0. The Kier molecular flexibility index (Phi) is 6.11. The van der Waals surface area contributed by atoms with Crippen LogP contribution in [0.25, 0.3) is 0 Å². The van der Waals surface area contributed by atoms with E-state index in [1.54, 1.807) is 13.1 Å². The number of carbonyl (C=O) groups is 2. The van der Waals surface area contributed by atoms with Gasteiger partial charge in [0.2, 0.25) is 0 Å². The summed E-state index contributed by atoms with van der Waals surface area (Å²) in [5, 5.41) is 4.16. The second-order valence-corrected chi connectivity index (χ2v) is 4.13. The molecule has 0 N–H and O–H groups in total. The van der Waals surface area contributed by atoms with E-state index in [0.29, 0.717) is 13.0 Å². The average Bonchev–Trinajstić information content (AvgIpc) is 2.75. The van der Waals surface area contributed by atoms with Crippen molar-refractivity contribution in [1.29, 1.82) is 0 Å². The smallest absolute Gasteiger partial charge is 0.306 e. The van der Waals surface area contributed by atoms with Crippen molar-refractivity contribution in [2.75, 3.05) is 6.61 Å². The lowest BCUT2D eigenvalue weighted by Crippen LogP contribution is -2.09. The monoisotopic (exact) mass is 252 g/mol. The maximum Gasteiger partial charge on any atom is 0.306 e. The molecule has 0 aromatic carbocycles. The molecular formula is C13H20N2O3. The molecule has 100 valence electrons. The Labute approximate surface area is 107 Å². The molecule has 0 saturated carbocycles. The van der Waals surface area contributed by atoms with Gasteiger partial charge in [-0.1, -0.05) is 6.92 Å². The van der Waals surface area contributed by atoms with Gasteiger partial charge in [0.25, 0.3) is 0 Å². The molecule has 1 rings (SSSR count). The normalized spacial score (nSPS) is 10.3. The van der Waals surface area contributed by atoms with E-state index in [4.69, 9.17) is 4.74 Å². The molecule has 5 heteroatoms. The highest BCUT2D eigenvalue weighted by Gasteiger charge is 2.09. The molecule has 1 aromatic rings. The molecule has 0 aliphatic carbocycles.